The van der Waals surface area contributed by atoms with Crippen molar-refractivity contribution in [2.45, 2.75) is 39.8 Å². The van der Waals surface area contributed by atoms with Crippen molar-refractivity contribution >= 4 is 0 Å². The lowest BCUT2D eigenvalue weighted by molar-refractivity contribution is 0.296. The van der Waals surface area contributed by atoms with E-state index in [1.807, 2.05) is 0 Å². The second-order valence-electron chi connectivity index (χ2n) is 7.19. The van der Waals surface area contributed by atoms with Crippen LogP contribution in [-0.2, 0) is 0 Å². The van der Waals surface area contributed by atoms with Gasteiger partial charge in [0, 0.05) is 25.2 Å². The third kappa shape index (κ3) is 5.81. The highest BCUT2D eigenvalue weighted by Crippen LogP contribution is 2.19. The Morgan fingerprint density at radius 1 is 0.696 bits per heavy atom. The predicted molar refractivity (Wildman–Crippen MR) is 99.5 cm³/mol. The largest absolute Gasteiger partial charge is 0.310 e. The summed E-state index contributed by atoms with van der Waals surface area (Å²) in [4.78, 5) is 0. The average Bonchev–Trinajstić information content (AvgIpc) is 2.59. The summed E-state index contributed by atoms with van der Waals surface area (Å²) in [6.45, 7) is 11.0. The molecule has 0 amide bonds. The van der Waals surface area contributed by atoms with E-state index in [-0.39, 0.29) is 5.41 Å². The fourth-order valence-corrected chi connectivity index (χ4v) is 2.64. The molecule has 0 aliphatic heterocycles. The van der Waals surface area contributed by atoms with Crippen LogP contribution in [0.15, 0.2) is 60.7 Å². The SMILES string of the molecule is C[C@@H](NCC(C)(C)CN[C@H](C)c1ccccc1)c1ccccc1. The van der Waals surface area contributed by atoms with E-state index in [0.717, 1.165) is 13.1 Å². The van der Waals surface area contributed by atoms with Crippen molar-refractivity contribution in [1.82, 2.24) is 10.6 Å². The van der Waals surface area contributed by atoms with Crippen LogP contribution in [0, 0.1) is 5.41 Å². The molecule has 23 heavy (non-hydrogen) atoms. The second kappa shape index (κ2) is 8.28. The topological polar surface area (TPSA) is 24.1 Å². The van der Waals surface area contributed by atoms with E-state index in [1.165, 1.54) is 11.1 Å². The van der Waals surface area contributed by atoms with Gasteiger partial charge in [-0.15, -0.1) is 0 Å². The summed E-state index contributed by atoms with van der Waals surface area (Å²) in [5.74, 6) is 0. The Kier molecular flexibility index (Phi) is 6.37. The van der Waals surface area contributed by atoms with E-state index in [2.05, 4.69) is 99.0 Å². The van der Waals surface area contributed by atoms with E-state index >= 15 is 0 Å². The van der Waals surface area contributed by atoms with Gasteiger partial charge in [0.25, 0.3) is 0 Å². The molecule has 2 aromatic rings. The van der Waals surface area contributed by atoms with Gasteiger partial charge in [-0.3, -0.25) is 0 Å². The first-order valence-corrected chi connectivity index (χ1v) is 8.54. The molecule has 0 spiro atoms. The highest BCUT2D eigenvalue weighted by atomic mass is 15.0. The van der Waals surface area contributed by atoms with Crippen molar-refractivity contribution in [3.8, 4) is 0 Å². The molecular weight excluding hydrogens is 280 g/mol. The molecule has 0 bridgehead atoms. The molecule has 0 aromatic heterocycles. The van der Waals surface area contributed by atoms with E-state index < -0.39 is 0 Å². The molecule has 0 saturated heterocycles. The first-order chi connectivity index (χ1) is 11.0. The zero-order valence-corrected chi connectivity index (χ0v) is 14.8. The van der Waals surface area contributed by atoms with Gasteiger partial charge in [-0.1, -0.05) is 74.5 Å². The van der Waals surface area contributed by atoms with Gasteiger partial charge in [-0.25, -0.2) is 0 Å². The Bertz CT molecular complexity index is 511. The summed E-state index contributed by atoms with van der Waals surface area (Å²) in [5.41, 5.74) is 2.88. The molecule has 2 N–H and O–H groups in total. The van der Waals surface area contributed by atoms with E-state index in [1.54, 1.807) is 0 Å². The summed E-state index contributed by atoms with van der Waals surface area (Å²) < 4.78 is 0. The maximum absolute atomic E-state index is 3.66. The molecule has 0 heterocycles. The van der Waals surface area contributed by atoms with Gasteiger partial charge in [-0.2, -0.15) is 0 Å². The first kappa shape index (κ1) is 17.7. The monoisotopic (exact) mass is 310 g/mol. The van der Waals surface area contributed by atoms with Gasteiger partial charge < -0.3 is 10.6 Å². The zero-order chi connectivity index (χ0) is 16.7. The smallest absolute Gasteiger partial charge is 0.0292 e. The summed E-state index contributed by atoms with van der Waals surface area (Å²) in [7, 11) is 0. The van der Waals surface area contributed by atoms with Crippen molar-refractivity contribution in [3.63, 3.8) is 0 Å². The van der Waals surface area contributed by atoms with Gasteiger partial charge >= 0.3 is 0 Å². The molecule has 2 nitrogen and oxygen atoms in total. The molecular formula is C21H30N2. The molecule has 2 rings (SSSR count). The maximum Gasteiger partial charge on any atom is 0.0292 e. The molecule has 124 valence electrons. The third-order valence-corrected chi connectivity index (χ3v) is 4.37. The van der Waals surface area contributed by atoms with E-state index in [4.69, 9.17) is 0 Å². The summed E-state index contributed by atoms with van der Waals surface area (Å²) in [6.07, 6.45) is 0. The van der Waals surface area contributed by atoms with E-state index in [0.29, 0.717) is 12.1 Å². The summed E-state index contributed by atoms with van der Waals surface area (Å²) in [5, 5.41) is 7.33. The van der Waals surface area contributed by atoms with Crippen LogP contribution in [0.4, 0.5) is 0 Å². The van der Waals surface area contributed by atoms with Crippen LogP contribution in [0.1, 0.15) is 50.9 Å². The van der Waals surface area contributed by atoms with Gasteiger partial charge in [0.2, 0.25) is 0 Å². The molecule has 2 heteroatoms. The van der Waals surface area contributed by atoms with Crippen LogP contribution in [0.2, 0.25) is 0 Å². The van der Waals surface area contributed by atoms with Crippen molar-refractivity contribution in [1.29, 1.82) is 0 Å². The zero-order valence-electron chi connectivity index (χ0n) is 14.8. The number of benzene rings is 2. The number of hydrogen-bond acceptors (Lipinski definition) is 2. The summed E-state index contributed by atoms with van der Waals surface area (Å²) in [6, 6.07) is 22.0. The highest BCUT2D eigenvalue weighted by molar-refractivity contribution is 5.19. The Morgan fingerprint density at radius 2 is 1.04 bits per heavy atom. The van der Waals surface area contributed by atoms with Crippen molar-refractivity contribution in [3.05, 3.63) is 71.8 Å². The second-order valence-corrected chi connectivity index (χ2v) is 7.19. The van der Waals surface area contributed by atoms with E-state index in [9.17, 15) is 0 Å². The van der Waals surface area contributed by atoms with Crippen LogP contribution in [0.5, 0.6) is 0 Å². The van der Waals surface area contributed by atoms with Gasteiger partial charge in [0.15, 0.2) is 0 Å². The number of hydrogen-bond donors (Lipinski definition) is 2. The lowest BCUT2D eigenvalue weighted by Gasteiger charge is -2.29. The molecule has 2 atom stereocenters. The van der Waals surface area contributed by atoms with Crippen LogP contribution in [0.25, 0.3) is 0 Å². The van der Waals surface area contributed by atoms with Crippen LogP contribution in [-0.4, -0.2) is 13.1 Å². The number of rotatable bonds is 8. The minimum Gasteiger partial charge on any atom is -0.310 e. The average molecular weight is 310 g/mol. The molecule has 0 fully saturated rings. The maximum atomic E-state index is 3.66. The highest BCUT2D eigenvalue weighted by Gasteiger charge is 2.20. The fourth-order valence-electron chi connectivity index (χ4n) is 2.64. The van der Waals surface area contributed by atoms with Gasteiger partial charge in [0.1, 0.15) is 0 Å². The molecule has 0 saturated carbocycles. The van der Waals surface area contributed by atoms with Crippen molar-refractivity contribution < 1.29 is 0 Å². The standard InChI is InChI=1S/C21H30N2/c1-17(19-11-7-5-8-12-19)22-15-21(3,4)16-23-18(2)20-13-9-6-10-14-20/h5-14,17-18,22-23H,15-16H2,1-4H3/t17-,18-/m1/s1. The van der Waals surface area contributed by atoms with Crippen molar-refractivity contribution in [2.24, 2.45) is 5.41 Å². The van der Waals surface area contributed by atoms with Crippen molar-refractivity contribution in [2.75, 3.05) is 13.1 Å². The molecule has 0 aliphatic rings. The van der Waals surface area contributed by atoms with Crippen LogP contribution < -0.4 is 10.6 Å². The quantitative estimate of drug-likeness (QED) is 0.737. The minimum absolute atomic E-state index is 0.200. The fraction of sp³-hybridized carbons (Fsp3) is 0.429. The summed E-state index contributed by atoms with van der Waals surface area (Å²) >= 11 is 0. The molecule has 2 aromatic carbocycles. The molecule has 0 radical (unpaired) electrons. The molecule has 0 unspecified atom stereocenters. The van der Waals surface area contributed by atoms with Gasteiger partial charge in [-0.05, 0) is 30.4 Å². The Hall–Kier alpha value is -1.64. The Balaban J connectivity index is 1.80. The van der Waals surface area contributed by atoms with Gasteiger partial charge in [0.05, 0.1) is 0 Å². The normalized spacial score (nSPS) is 14.4. The minimum atomic E-state index is 0.200. The van der Waals surface area contributed by atoms with Crippen LogP contribution >= 0.6 is 0 Å². The third-order valence-electron chi connectivity index (χ3n) is 4.37. The molecule has 0 aliphatic carbocycles. The Morgan fingerprint density at radius 3 is 1.39 bits per heavy atom. The lowest BCUT2D eigenvalue weighted by atomic mass is 9.92. The first-order valence-electron chi connectivity index (χ1n) is 8.54. The van der Waals surface area contributed by atoms with Crippen LogP contribution in [0.3, 0.4) is 0 Å². The lowest BCUT2D eigenvalue weighted by Crippen LogP contribution is -2.39. The Labute approximate surface area is 141 Å². The number of nitrogens with one attached hydrogen (secondary N) is 2. The predicted octanol–water partition coefficient (Wildman–Crippen LogP) is 4.71.